The Bertz CT molecular complexity index is 584. The number of rotatable bonds is 5. The first-order chi connectivity index (χ1) is 11.2. The van der Waals surface area contributed by atoms with Gasteiger partial charge >= 0.3 is 6.09 Å². The number of nitrogens with one attached hydrogen (secondary N) is 1. The molecule has 7 heteroatoms. The minimum Gasteiger partial charge on any atom is -0.548 e. The summed E-state index contributed by atoms with van der Waals surface area (Å²) < 4.78 is 31.5. The summed E-state index contributed by atoms with van der Waals surface area (Å²) in [6.07, 6.45) is -1.72. The van der Waals surface area contributed by atoms with Crippen molar-refractivity contribution in [1.82, 2.24) is 5.32 Å². The van der Waals surface area contributed by atoms with Crippen LogP contribution in [-0.2, 0) is 16.1 Å². The lowest BCUT2D eigenvalue weighted by atomic mass is 9.74. The number of benzene rings is 1. The molecule has 0 aliphatic heterocycles. The highest BCUT2D eigenvalue weighted by Crippen LogP contribution is 2.40. The number of carboxylic acid groups (broad SMARTS) is 1. The maximum atomic E-state index is 13.3. The molecule has 1 aliphatic carbocycles. The van der Waals surface area contributed by atoms with E-state index in [0.29, 0.717) is 0 Å². The monoisotopic (exact) mass is 340 g/mol. The van der Waals surface area contributed by atoms with Crippen LogP contribution >= 0.6 is 0 Å². The standard InChI is InChI=1S/C17H21F2NO4/c1-16(14(21)22,13-7-9-17(18,19)10-8-13)20-15(23)24-11-12-5-3-2-4-6-12/h2-6,13H,7-11H2,1H3,(H,20,23)(H,21,22)/p-1/t16-/m0/s1. The van der Waals surface area contributed by atoms with Crippen LogP contribution in [0.25, 0.3) is 0 Å². The molecule has 0 bridgehead atoms. The molecule has 0 saturated heterocycles. The normalized spacial score (nSPS) is 20.0. The zero-order valence-corrected chi connectivity index (χ0v) is 13.4. The summed E-state index contributed by atoms with van der Waals surface area (Å²) in [5.41, 5.74) is -0.996. The summed E-state index contributed by atoms with van der Waals surface area (Å²) in [6.45, 7) is 1.26. The predicted molar refractivity (Wildman–Crippen MR) is 80.1 cm³/mol. The average molecular weight is 340 g/mol. The van der Waals surface area contributed by atoms with Gasteiger partial charge in [-0.25, -0.2) is 13.6 Å². The van der Waals surface area contributed by atoms with Crippen LogP contribution in [0.1, 0.15) is 38.2 Å². The number of amides is 1. The van der Waals surface area contributed by atoms with Gasteiger partial charge in [0.2, 0.25) is 5.92 Å². The Morgan fingerprint density at radius 3 is 2.42 bits per heavy atom. The van der Waals surface area contributed by atoms with E-state index in [0.717, 1.165) is 5.56 Å². The van der Waals surface area contributed by atoms with Crippen molar-refractivity contribution in [2.24, 2.45) is 5.92 Å². The minimum absolute atomic E-state index is 0.00353. The fourth-order valence-electron chi connectivity index (χ4n) is 2.91. The van der Waals surface area contributed by atoms with Crippen molar-refractivity contribution in [3.05, 3.63) is 35.9 Å². The van der Waals surface area contributed by atoms with E-state index < -0.39 is 42.3 Å². The Hall–Kier alpha value is -2.18. The van der Waals surface area contributed by atoms with Gasteiger partial charge in [0.15, 0.2) is 0 Å². The van der Waals surface area contributed by atoms with Gasteiger partial charge in [-0.3, -0.25) is 0 Å². The molecule has 24 heavy (non-hydrogen) atoms. The van der Waals surface area contributed by atoms with Crippen LogP contribution in [-0.4, -0.2) is 23.5 Å². The number of alkyl carbamates (subject to hydrolysis) is 1. The molecule has 1 atom stereocenters. The van der Waals surface area contributed by atoms with E-state index in [-0.39, 0.29) is 19.4 Å². The van der Waals surface area contributed by atoms with E-state index in [4.69, 9.17) is 4.74 Å². The molecule has 1 aliphatic rings. The first kappa shape index (κ1) is 18.2. The van der Waals surface area contributed by atoms with Crippen LogP contribution in [0.2, 0.25) is 0 Å². The summed E-state index contributed by atoms with van der Waals surface area (Å²) in [6, 6.07) is 8.90. The molecule has 1 aromatic rings. The van der Waals surface area contributed by atoms with E-state index in [2.05, 4.69) is 5.32 Å². The van der Waals surface area contributed by atoms with Crippen LogP contribution in [0.4, 0.5) is 13.6 Å². The summed E-state index contributed by atoms with van der Waals surface area (Å²) in [7, 11) is 0. The van der Waals surface area contributed by atoms with Gasteiger partial charge in [0, 0.05) is 12.8 Å². The molecule has 0 unspecified atom stereocenters. The number of ether oxygens (including phenoxy) is 1. The van der Waals surface area contributed by atoms with Gasteiger partial charge in [-0.2, -0.15) is 0 Å². The third-order valence-electron chi connectivity index (χ3n) is 4.53. The molecule has 1 N–H and O–H groups in total. The summed E-state index contributed by atoms with van der Waals surface area (Å²) >= 11 is 0. The van der Waals surface area contributed by atoms with Crippen molar-refractivity contribution >= 4 is 12.1 Å². The Morgan fingerprint density at radius 1 is 1.29 bits per heavy atom. The van der Waals surface area contributed by atoms with Crippen molar-refractivity contribution in [2.75, 3.05) is 0 Å². The molecular weight excluding hydrogens is 320 g/mol. The Labute approximate surface area is 139 Å². The first-order valence-electron chi connectivity index (χ1n) is 7.81. The van der Waals surface area contributed by atoms with E-state index in [1.807, 2.05) is 6.07 Å². The molecule has 0 spiro atoms. The third kappa shape index (κ3) is 4.43. The van der Waals surface area contributed by atoms with Gasteiger partial charge in [0.1, 0.15) is 6.61 Å². The van der Waals surface area contributed by atoms with Crippen molar-refractivity contribution in [3.63, 3.8) is 0 Å². The second-order valence-electron chi connectivity index (χ2n) is 6.31. The average Bonchev–Trinajstić information content (AvgIpc) is 2.53. The summed E-state index contributed by atoms with van der Waals surface area (Å²) in [5, 5.41) is 13.8. The van der Waals surface area contributed by atoms with Crippen molar-refractivity contribution in [3.8, 4) is 0 Å². The smallest absolute Gasteiger partial charge is 0.408 e. The number of carbonyl (C=O) groups excluding carboxylic acids is 2. The fourth-order valence-corrected chi connectivity index (χ4v) is 2.91. The second-order valence-corrected chi connectivity index (χ2v) is 6.31. The third-order valence-corrected chi connectivity index (χ3v) is 4.53. The van der Waals surface area contributed by atoms with Crippen molar-refractivity contribution in [2.45, 2.75) is 50.7 Å². The van der Waals surface area contributed by atoms with E-state index in [1.54, 1.807) is 24.3 Å². The lowest BCUT2D eigenvalue weighted by molar-refractivity contribution is -0.316. The van der Waals surface area contributed by atoms with Gasteiger partial charge < -0.3 is 20.0 Å². The molecule has 132 valence electrons. The quantitative estimate of drug-likeness (QED) is 0.892. The molecule has 0 radical (unpaired) electrons. The minimum atomic E-state index is -2.78. The lowest BCUT2D eigenvalue weighted by Gasteiger charge is -2.42. The highest BCUT2D eigenvalue weighted by Gasteiger charge is 2.44. The highest BCUT2D eigenvalue weighted by atomic mass is 19.3. The molecule has 0 heterocycles. The largest absolute Gasteiger partial charge is 0.548 e. The van der Waals surface area contributed by atoms with Crippen molar-refractivity contribution in [1.29, 1.82) is 0 Å². The predicted octanol–water partition coefficient (Wildman–Crippen LogP) is 2.25. The van der Waals surface area contributed by atoms with Crippen LogP contribution in [0.5, 0.6) is 0 Å². The van der Waals surface area contributed by atoms with E-state index >= 15 is 0 Å². The Balaban J connectivity index is 1.97. The number of carboxylic acids is 1. The van der Waals surface area contributed by atoms with E-state index in [1.165, 1.54) is 6.92 Å². The zero-order chi connectivity index (χ0) is 17.8. The van der Waals surface area contributed by atoms with Crippen LogP contribution in [0.3, 0.4) is 0 Å². The van der Waals surface area contributed by atoms with Crippen LogP contribution in [0, 0.1) is 5.92 Å². The zero-order valence-electron chi connectivity index (χ0n) is 13.4. The Morgan fingerprint density at radius 2 is 1.88 bits per heavy atom. The molecule has 1 aromatic carbocycles. The number of hydrogen-bond donors (Lipinski definition) is 1. The van der Waals surface area contributed by atoms with Gasteiger partial charge in [-0.1, -0.05) is 30.3 Å². The highest BCUT2D eigenvalue weighted by molar-refractivity contribution is 5.83. The lowest BCUT2D eigenvalue weighted by Crippen LogP contribution is -2.63. The molecular formula is C17H20F2NO4-. The fraction of sp³-hybridized carbons (Fsp3) is 0.529. The van der Waals surface area contributed by atoms with Crippen LogP contribution < -0.4 is 10.4 Å². The number of alkyl halides is 2. The van der Waals surface area contributed by atoms with Gasteiger partial charge in [0.25, 0.3) is 0 Å². The first-order valence-corrected chi connectivity index (χ1v) is 7.81. The summed E-state index contributed by atoms with van der Waals surface area (Å²) in [4.78, 5) is 23.5. The van der Waals surface area contributed by atoms with Crippen LogP contribution in [0.15, 0.2) is 30.3 Å². The summed E-state index contributed by atoms with van der Waals surface area (Å²) in [5.74, 6) is -4.92. The molecule has 0 aromatic heterocycles. The van der Waals surface area contributed by atoms with Gasteiger partial charge in [0.05, 0.1) is 11.5 Å². The molecule has 1 fully saturated rings. The maximum absolute atomic E-state index is 13.3. The van der Waals surface area contributed by atoms with Crippen molar-refractivity contribution < 1.29 is 28.2 Å². The van der Waals surface area contributed by atoms with Gasteiger partial charge in [-0.15, -0.1) is 0 Å². The molecule has 5 nitrogen and oxygen atoms in total. The molecule has 2 rings (SSSR count). The topological polar surface area (TPSA) is 78.5 Å². The number of carbonyl (C=O) groups is 2. The number of halogens is 2. The maximum Gasteiger partial charge on any atom is 0.408 e. The van der Waals surface area contributed by atoms with E-state index in [9.17, 15) is 23.5 Å². The van der Waals surface area contributed by atoms with Gasteiger partial charge in [-0.05, 0) is 31.2 Å². The molecule has 1 saturated carbocycles. The number of aliphatic carboxylic acids is 1. The second kappa shape index (κ2) is 7.15. The SMILES string of the molecule is C[C@@](NC(=O)OCc1ccccc1)(C(=O)[O-])C1CCC(F)(F)CC1. The molecule has 1 amide bonds. The number of hydrogen-bond acceptors (Lipinski definition) is 4. The Kier molecular flexibility index (Phi) is 5.41.